The third-order valence-electron chi connectivity index (χ3n) is 4.73. The predicted octanol–water partition coefficient (Wildman–Crippen LogP) is 5.90. The van der Waals surface area contributed by atoms with Gasteiger partial charge in [-0.25, -0.2) is 0 Å². The molecule has 1 aliphatic carbocycles. The zero-order valence-electron chi connectivity index (χ0n) is 15.5. The van der Waals surface area contributed by atoms with Crippen LogP contribution >= 0.6 is 39.5 Å². The Morgan fingerprint density at radius 2 is 2.25 bits per heavy atom. The molecule has 1 unspecified atom stereocenters. The van der Waals surface area contributed by atoms with E-state index in [4.69, 9.17) is 17.0 Å². The van der Waals surface area contributed by atoms with Gasteiger partial charge >= 0.3 is 0 Å². The summed E-state index contributed by atoms with van der Waals surface area (Å²) in [5, 5.41) is 13.0. The molecule has 1 atom stereocenters. The number of methoxy groups -OCH3 is 1. The van der Waals surface area contributed by atoms with Gasteiger partial charge < -0.3 is 10.1 Å². The van der Waals surface area contributed by atoms with Gasteiger partial charge in [-0.2, -0.15) is 5.26 Å². The maximum atomic E-state index is 12.5. The van der Waals surface area contributed by atoms with Crippen LogP contribution in [-0.2, 0) is 17.6 Å². The maximum Gasteiger partial charge on any atom is 0.249 e. The lowest BCUT2D eigenvalue weighted by Gasteiger charge is -2.23. The summed E-state index contributed by atoms with van der Waals surface area (Å²) in [7, 11) is 1.58. The summed E-state index contributed by atoms with van der Waals surface area (Å²) < 4.78 is 6.96. The van der Waals surface area contributed by atoms with Crippen molar-refractivity contribution in [1.29, 1.82) is 5.26 Å². The number of benzene rings is 1. The third kappa shape index (κ3) is 4.52. The van der Waals surface area contributed by atoms with E-state index in [1.807, 2.05) is 18.2 Å². The normalized spacial score (nSPS) is 15.7. The molecule has 0 fully saturated rings. The molecule has 0 radical (unpaired) electrons. The Morgan fingerprint density at radius 3 is 2.96 bits per heavy atom. The number of fused-ring (bicyclic) bond motifs is 1. The van der Waals surface area contributed by atoms with Crippen LogP contribution in [0.5, 0.6) is 5.75 Å². The highest BCUT2D eigenvalue weighted by Crippen LogP contribution is 2.36. The molecule has 28 heavy (non-hydrogen) atoms. The van der Waals surface area contributed by atoms with Crippen molar-refractivity contribution in [3.05, 3.63) is 54.8 Å². The second-order valence-electron chi connectivity index (χ2n) is 6.72. The number of anilines is 1. The number of amides is 1. The molecule has 7 heteroatoms. The molecular formula is C21H19BrN2O2S2. The number of ether oxygens (including phenoxy) is 1. The van der Waals surface area contributed by atoms with Gasteiger partial charge in [0.1, 0.15) is 16.8 Å². The number of halogens is 1. The first-order valence-corrected chi connectivity index (χ1v) is 10.9. The van der Waals surface area contributed by atoms with E-state index in [1.54, 1.807) is 13.2 Å². The molecule has 2 aromatic rings. The molecule has 1 aromatic heterocycles. The van der Waals surface area contributed by atoms with Crippen molar-refractivity contribution in [2.75, 3.05) is 12.4 Å². The second kappa shape index (κ2) is 8.99. The summed E-state index contributed by atoms with van der Waals surface area (Å²) in [5.74, 6) is 0.924. The van der Waals surface area contributed by atoms with Gasteiger partial charge in [0.15, 0.2) is 0 Å². The van der Waals surface area contributed by atoms with Crippen LogP contribution in [0.15, 0.2) is 28.7 Å². The minimum Gasteiger partial charge on any atom is -0.496 e. The molecule has 0 aliphatic heterocycles. The Labute approximate surface area is 182 Å². The van der Waals surface area contributed by atoms with E-state index in [0.29, 0.717) is 22.2 Å². The average Bonchev–Trinajstić information content (AvgIpc) is 2.67. The zero-order valence-corrected chi connectivity index (χ0v) is 18.8. The molecule has 0 bridgehead atoms. The topological polar surface area (TPSA) is 62.1 Å². The third-order valence-corrected chi connectivity index (χ3v) is 6.66. The molecule has 0 saturated heterocycles. The highest BCUT2D eigenvalue weighted by Gasteiger charge is 2.23. The van der Waals surface area contributed by atoms with Crippen LogP contribution in [0.3, 0.4) is 0 Å². The molecule has 0 spiro atoms. The van der Waals surface area contributed by atoms with Gasteiger partial charge in [0.05, 0.1) is 16.5 Å². The fourth-order valence-corrected chi connectivity index (χ4v) is 5.07. The summed E-state index contributed by atoms with van der Waals surface area (Å²) in [4.78, 5) is 12.5. The first kappa shape index (κ1) is 20.7. The molecule has 1 heterocycles. The van der Waals surface area contributed by atoms with Crippen LogP contribution in [0.1, 0.15) is 35.6 Å². The van der Waals surface area contributed by atoms with Crippen LogP contribution in [-0.4, -0.2) is 13.0 Å². The fraction of sp³-hybridized carbons (Fsp3) is 0.286. The molecule has 3 rings (SSSR count). The smallest absolute Gasteiger partial charge is 0.249 e. The van der Waals surface area contributed by atoms with E-state index in [-0.39, 0.29) is 5.91 Å². The van der Waals surface area contributed by atoms with E-state index in [2.05, 4.69) is 34.2 Å². The Hall–Kier alpha value is -2.01. The Bertz CT molecular complexity index is 1050. The highest BCUT2D eigenvalue weighted by atomic mass is 79.9. The summed E-state index contributed by atoms with van der Waals surface area (Å²) in [6, 6.07) is 7.83. The molecule has 144 valence electrons. The van der Waals surface area contributed by atoms with Gasteiger partial charge in [0.25, 0.3) is 0 Å². The van der Waals surface area contributed by atoms with Crippen molar-refractivity contribution >= 4 is 56.5 Å². The number of rotatable bonds is 4. The highest BCUT2D eigenvalue weighted by molar-refractivity contribution is 9.10. The van der Waals surface area contributed by atoms with E-state index in [0.717, 1.165) is 44.2 Å². The largest absolute Gasteiger partial charge is 0.496 e. The van der Waals surface area contributed by atoms with E-state index in [1.165, 1.54) is 17.4 Å². The number of nitrogens with one attached hydrogen (secondary N) is 1. The number of hydrogen-bond donors (Lipinski definition) is 1. The molecule has 1 aliphatic rings. The Kier molecular flexibility index (Phi) is 6.65. The van der Waals surface area contributed by atoms with Crippen LogP contribution in [0.25, 0.3) is 6.08 Å². The first-order chi connectivity index (χ1) is 13.4. The van der Waals surface area contributed by atoms with Crippen molar-refractivity contribution in [1.82, 2.24) is 0 Å². The van der Waals surface area contributed by atoms with E-state index < -0.39 is 0 Å². The van der Waals surface area contributed by atoms with Crippen molar-refractivity contribution in [2.45, 2.75) is 26.2 Å². The maximum absolute atomic E-state index is 12.5. The molecular weight excluding hydrogens is 456 g/mol. The van der Waals surface area contributed by atoms with Crippen molar-refractivity contribution < 1.29 is 9.53 Å². The Balaban J connectivity index is 1.87. The number of carbonyl (C=O) groups excluding carboxylic acids is 1. The molecule has 1 N–H and O–H groups in total. The SMILES string of the molecule is COc1ccc(Br)cc1/C=C/C(=O)Nc1sc(=S)c2c(c1C#N)CCC(C)C2. The average molecular weight is 475 g/mol. The van der Waals surface area contributed by atoms with Gasteiger partial charge in [0, 0.05) is 16.1 Å². The lowest BCUT2D eigenvalue weighted by Crippen LogP contribution is -2.15. The number of nitriles is 1. The van der Waals surface area contributed by atoms with Crippen LogP contribution in [0.2, 0.25) is 0 Å². The monoisotopic (exact) mass is 474 g/mol. The van der Waals surface area contributed by atoms with Crippen LogP contribution in [0.4, 0.5) is 5.00 Å². The minimum absolute atomic E-state index is 0.312. The number of hydrogen-bond acceptors (Lipinski definition) is 5. The van der Waals surface area contributed by atoms with E-state index in [9.17, 15) is 10.1 Å². The first-order valence-electron chi connectivity index (χ1n) is 8.84. The van der Waals surface area contributed by atoms with Gasteiger partial charge in [0.2, 0.25) is 5.91 Å². The zero-order chi connectivity index (χ0) is 20.3. The van der Waals surface area contributed by atoms with Crippen LogP contribution < -0.4 is 10.1 Å². The second-order valence-corrected chi connectivity index (χ2v) is 9.32. The Morgan fingerprint density at radius 1 is 1.46 bits per heavy atom. The predicted molar refractivity (Wildman–Crippen MR) is 119 cm³/mol. The van der Waals surface area contributed by atoms with Crippen molar-refractivity contribution in [3.63, 3.8) is 0 Å². The van der Waals surface area contributed by atoms with Gasteiger partial charge in [-0.3, -0.25) is 4.79 Å². The lowest BCUT2D eigenvalue weighted by molar-refractivity contribution is -0.111. The summed E-state index contributed by atoms with van der Waals surface area (Å²) >= 11 is 10.3. The van der Waals surface area contributed by atoms with Crippen LogP contribution in [0, 0.1) is 21.1 Å². The van der Waals surface area contributed by atoms with Gasteiger partial charge in [-0.05, 0) is 60.6 Å². The van der Waals surface area contributed by atoms with Gasteiger partial charge in [-0.1, -0.05) is 35.1 Å². The summed E-state index contributed by atoms with van der Waals surface area (Å²) in [6.45, 7) is 2.20. The van der Waals surface area contributed by atoms with Crippen molar-refractivity contribution in [2.24, 2.45) is 5.92 Å². The number of nitrogens with zero attached hydrogens (tertiary/aromatic N) is 1. The van der Waals surface area contributed by atoms with Gasteiger partial charge in [-0.15, -0.1) is 11.3 Å². The molecule has 1 amide bonds. The quantitative estimate of drug-likeness (QED) is 0.442. The minimum atomic E-state index is -0.312. The van der Waals surface area contributed by atoms with Crippen molar-refractivity contribution in [3.8, 4) is 11.8 Å². The number of carbonyl (C=O) groups is 1. The fourth-order valence-electron chi connectivity index (χ4n) is 3.30. The molecule has 1 aromatic carbocycles. The molecule has 4 nitrogen and oxygen atoms in total. The summed E-state index contributed by atoms with van der Waals surface area (Å²) in [5.41, 5.74) is 3.42. The standard InChI is InChI=1S/C21H19BrN2O2S2/c1-12-3-6-15-16(9-12)21(27)28-20(17(15)11-23)24-19(25)8-4-13-10-14(22)5-7-18(13)26-2/h4-5,7-8,10,12H,3,6,9H2,1-2H3,(H,24,25)/b8-4+. The van der Waals surface area contributed by atoms with E-state index >= 15 is 0 Å². The lowest BCUT2D eigenvalue weighted by atomic mass is 9.85. The molecule has 0 saturated carbocycles. The summed E-state index contributed by atoms with van der Waals surface area (Å²) in [6.07, 6.45) is 5.87.